The normalized spacial score (nSPS) is 13.1. The highest BCUT2D eigenvalue weighted by Gasteiger charge is 2.17. The van der Waals surface area contributed by atoms with E-state index in [-0.39, 0.29) is 19.0 Å². The molecule has 20 heavy (non-hydrogen) atoms. The van der Waals surface area contributed by atoms with Crippen molar-refractivity contribution in [2.45, 2.75) is 32.4 Å². The topological polar surface area (TPSA) is 78.8 Å². The number of rotatable bonds is 8. The summed E-state index contributed by atoms with van der Waals surface area (Å²) in [5.41, 5.74) is 0.0569. The van der Waals surface area contributed by atoms with E-state index in [9.17, 15) is 9.90 Å². The van der Waals surface area contributed by atoms with Crippen LogP contribution in [-0.2, 0) is 0 Å². The van der Waals surface area contributed by atoms with E-state index in [0.717, 1.165) is 0 Å². The molecule has 0 bridgehead atoms. The molecule has 0 heterocycles. The average Bonchev–Trinajstić information content (AvgIpc) is 2.43. The molecule has 1 rings (SSSR count). The minimum absolute atomic E-state index is 0.0201. The molecule has 0 aliphatic carbocycles. The molecule has 1 aromatic rings. The van der Waals surface area contributed by atoms with Crippen molar-refractivity contribution in [2.75, 3.05) is 19.8 Å². The van der Waals surface area contributed by atoms with Crippen LogP contribution in [0.15, 0.2) is 24.3 Å². The summed E-state index contributed by atoms with van der Waals surface area (Å²) in [4.78, 5) is 11.4. The summed E-state index contributed by atoms with van der Waals surface area (Å²) in [6, 6.07) is 6.94. The number of nitrogens with one attached hydrogen (secondary N) is 1. The first kappa shape index (κ1) is 16.6. The predicted octanol–water partition coefficient (Wildman–Crippen LogP) is 0.989. The number of carbonyl (C=O) groups is 1. The molecule has 0 aliphatic heterocycles. The van der Waals surface area contributed by atoms with Crippen LogP contribution in [0, 0.1) is 0 Å². The summed E-state index contributed by atoms with van der Waals surface area (Å²) in [5, 5.41) is 22.0. The van der Waals surface area contributed by atoms with Gasteiger partial charge in [-0.15, -0.1) is 0 Å². The van der Waals surface area contributed by atoms with Crippen LogP contribution in [0.25, 0.3) is 0 Å². The predicted molar refractivity (Wildman–Crippen MR) is 77.1 cm³/mol. The Labute approximate surface area is 119 Å². The maximum Gasteiger partial charge on any atom is 0.163 e. The molecule has 0 aliphatic rings. The fraction of sp³-hybridized carbons (Fsp3) is 0.533. The number of β-amino-alcohol motifs (C(OH)–C–C–N with tert-alkyl or cyclic N) is 1. The lowest BCUT2D eigenvalue weighted by molar-refractivity contribution is 0.0885. The van der Waals surface area contributed by atoms with Crippen molar-refractivity contribution in [1.29, 1.82) is 0 Å². The number of para-hydroxylation sites is 1. The Morgan fingerprint density at radius 1 is 1.40 bits per heavy atom. The van der Waals surface area contributed by atoms with Gasteiger partial charge in [0, 0.05) is 12.1 Å². The quantitative estimate of drug-likeness (QED) is 0.619. The number of hydrogen-bond acceptors (Lipinski definition) is 5. The number of carbonyl (C=O) groups excluding carboxylic acids is 1. The molecule has 5 nitrogen and oxygen atoms in total. The zero-order valence-electron chi connectivity index (χ0n) is 12.2. The minimum atomic E-state index is -0.721. The fourth-order valence-electron chi connectivity index (χ4n) is 1.58. The summed E-state index contributed by atoms with van der Waals surface area (Å²) >= 11 is 0. The highest BCUT2D eigenvalue weighted by Crippen LogP contribution is 2.18. The van der Waals surface area contributed by atoms with Gasteiger partial charge < -0.3 is 20.3 Å². The number of aliphatic hydroxyl groups is 2. The Morgan fingerprint density at radius 3 is 2.65 bits per heavy atom. The fourth-order valence-corrected chi connectivity index (χ4v) is 1.58. The van der Waals surface area contributed by atoms with E-state index in [1.54, 1.807) is 24.3 Å². The second-order valence-electron chi connectivity index (χ2n) is 5.44. The number of Topliss-reactive ketones (excluding diaryl/α,β-unsaturated/α-hetero) is 1. The van der Waals surface area contributed by atoms with Gasteiger partial charge in [-0.3, -0.25) is 4.79 Å². The lowest BCUT2D eigenvalue weighted by atomic mass is 10.1. The third-order valence-electron chi connectivity index (χ3n) is 2.91. The van der Waals surface area contributed by atoms with Crippen molar-refractivity contribution in [3.63, 3.8) is 0 Å². The maximum atomic E-state index is 11.4. The smallest absolute Gasteiger partial charge is 0.163 e. The molecule has 0 saturated carbocycles. The van der Waals surface area contributed by atoms with Gasteiger partial charge in [0.15, 0.2) is 5.78 Å². The number of ketones is 1. The molecule has 0 radical (unpaired) electrons. The monoisotopic (exact) mass is 281 g/mol. The lowest BCUT2D eigenvalue weighted by Gasteiger charge is -2.25. The number of benzene rings is 1. The largest absolute Gasteiger partial charge is 0.490 e. The molecule has 112 valence electrons. The summed E-state index contributed by atoms with van der Waals surface area (Å²) in [6.45, 7) is 5.52. The molecule has 0 saturated heterocycles. The summed E-state index contributed by atoms with van der Waals surface area (Å²) in [5.74, 6) is 0.398. The molecule has 0 amide bonds. The van der Waals surface area contributed by atoms with Gasteiger partial charge in [0.25, 0.3) is 0 Å². The van der Waals surface area contributed by atoms with Crippen LogP contribution in [-0.4, -0.2) is 47.4 Å². The number of hydrogen-bond donors (Lipinski definition) is 3. The van der Waals surface area contributed by atoms with Gasteiger partial charge in [-0.1, -0.05) is 12.1 Å². The first-order valence-corrected chi connectivity index (χ1v) is 6.62. The van der Waals surface area contributed by atoms with E-state index in [1.807, 2.05) is 13.8 Å². The molecule has 0 spiro atoms. The highest BCUT2D eigenvalue weighted by atomic mass is 16.5. The Morgan fingerprint density at radius 2 is 2.05 bits per heavy atom. The van der Waals surface area contributed by atoms with Crippen LogP contribution in [0.5, 0.6) is 5.75 Å². The van der Waals surface area contributed by atoms with Gasteiger partial charge in [0.05, 0.1) is 12.2 Å². The standard InChI is InChI=1S/C15H23NO4/c1-11(18)13-6-4-5-7-14(13)20-9-12(19)8-16-15(2,3)10-17/h4-7,12,16-17,19H,8-10H2,1-3H3/t12-/m1/s1. The molecular formula is C15H23NO4. The van der Waals surface area contributed by atoms with Gasteiger partial charge in [0.1, 0.15) is 18.5 Å². The average molecular weight is 281 g/mol. The molecule has 0 aromatic heterocycles. The van der Waals surface area contributed by atoms with Crippen molar-refractivity contribution in [1.82, 2.24) is 5.32 Å². The Balaban J connectivity index is 2.49. The third kappa shape index (κ3) is 5.28. The molecule has 3 N–H and O–H groups in total. The van der Waals surface area contributed by atoms with Gasteiger partial charge in [-0.05, 0) is 32.9 Å². The Kier molecular flexibility index (Phi) is 6.13. The Hall–Kier alpha value is -1.43. The minimum Gasteiger partial charge on any atom is -0.490 e. The number of ether oxygens (including phenoxy) is 1. The maximum absolute atomic E-state index is 11.4. The lowest BCUT2D eigenvalue weighted by Crippen LogP contribution is -2.47. The van der Waals surface area contributed by atoms with E-state index < -0.39 is 11.6 Å². The van der Waals surface area contributed by atoms with Gasteiger partial charge in [-0.25, -0.2) is 0 Å². The SMILES string of the molecule is CC(=O)c1ccccc1OC[C@H](O)CNC(C)(C)CO. The van der Waals surface area contributed by atoms with Crippen molar-refractivity contribution in [3.8, 4) is 5.75 Å². The first-order valence-electron chi connectivity index (χ1n) is 6.62. The van der Waals surface area contributed by atoms with Gasteiger partial charge in [-0.2, -0.15) is 0 Å². The van der Waals surface area contributed by atoms with E-state index in [4.69, 9.17) is 9.84 Å². The molecular weight excluding hydrogens is 258 g/mol. The zero-order valence-corrected chi connectivity index (χ0v) is 12.2. The van der Waals surface area contributed by atoms with Crippen LogP contribution in [0.3, 0.4) is 0 Å². The van der Waals surface area contributed by atoms with E-state index in [0.29, 0.717) is 17.9 Å². The zero-order chi connectivity index (χ0) is 15.2. The number of aliphatic hydroxyl groups excluding tert-OH is 2. The highest BCUT2D eigenvalue weighted by molar-refractivity contribution is 5.96. The molecule has 0 fully saturated rings. The Bertz CT molecular complexity index is 445. The second-order valence-corrected chi connectivity index (χ2v) is 5.44. The molecule has 1 atom stereocenters. The van der Waals surface area contributed by atoms with Crippen molar-refractivity contribution in [3.05, 3.63) is 29.8 Å². The summed E-state index contributed by atoms with van der Waals surface area (Å²) < 4.78 is 5.49. The van der Waals surface area contributed by atoms with Crippen LogP contribution in [0.4, 0.5) is 0 Å². The van der Waals surface area contributed by atoms with Crippen LogP contribution >= 0.6 is 0 Å². The van der Waals surface area contributed by atoms with Crippen molar-refractivity contribution in [2.24, 2.45) is 0 Å². The van der Waals surface area contributed by atoms with Crippen LogP contribution in [0.2, 0.25) is 0 Å². The first-order chi connectivity index (χ1) is 9.35. The second kappa shape index (κ2) is 7.38. The van der Waals surface area contributed by atoms with Crippen molar-refractivity contribution >= 4 is 5.78 Å². The van der Waals surface area contributed by atoms with Crippen molar-refractivity contribution < 1.29 is 19.7 Å². The van der Waals surface area contributed by atoms with Gasteiger partial charge in [0.2, 0.25) is 0 Å². The van der Waals surface area contributed by atoms with E-state index in [2.05, 4.69) is 5.32 Å². The molecule has 5 heteroatoms. The van der Waals surface area contributed by atoms with Gasteiger partial charge >= 0.3 is 0 Å². The third-order valence-corrected chi connectivity index (χ3v) is 2.91. The van der Waals surface area contributed by atoms with Crippen LogP contribution in [0.1, 0.15) is 31.1 Å². The van der Waals surface area contributed by atoms with E-state index >= 15 is 0 Å². The van der Waals surface area contributed by atoms with Crippen LogP contribution < -0.4 is 10.1 Å². The summed E-state index contributed by atoms with van der Waals surface area (Å²) in [7, 11) is 0. The summed E-state index contributed by atoms with van der Waals surface area (Å²) in [6.07, 6.45) is -0.721. The van der Waals surface area contributed by atoms with E-state index in [1.165, 1.54) is 6.92 Å². The molecule has 1 aromatic carbocycles. The molecule has 0 unspecified atom stereocenters.